The van der Waals surface area contributed by atoms with Crippen LogP contribution in [0.3, 0.4) is 0 Å². The van der Waals surface area contributed by atoms with Crippen LogP contribution in [-0.4, -0.2) is 36.9 Å². The number of aryl methyl sites for hydroxylation is 1. The van der Waals surface area contributed by atoms with Gasteiger partial charge >= 0.3 is 5.97 Å². The number of thioether (sulfide) groups is 2. The Labute approximate surface area is 116 Å². The summed E-state index contributed by atoms with van der Waals surface area (Å²) in [5.41, 5.74) is 1.11. The van der Waals surface area contributed by atoms with Crippen molar-refractivity contribution in [2.24, 2.45) is 0 Å². The van der Waals surface area contributed by atoms with Gasteiger partial charge < -0.3 is 9.67 Å². The predicted molar refractivity (Wildman–Crippen MR) is 75.4 cm³/mol. The summed E-state index contributed by atoms with van der Waals surface area (Å²) in [6.07, 6.45) is 4.32. The molecule has 0 amide bonds. The van der Waals surface area contributed by atoms with Gasteiger partial charge in [0.1, 0.15) is 0 Å². The Kier molecular flexibility index (Phi) is 4.27. The standard InChI is InChI=1S/C12H18N2O2S2/c1-9-6-13-11(17-7-10(15)16)14(9)8-12(2)4-3-5-18-12/h6H,3-5,7-8H2,1-2H3,(H,15,16). The molecule has 0 saturated carbocycles. The fraction of sp³-hybridized carbons (Fsp3) is 0.667. The van der Waals surface area contributed by atoms with Crippen molar-refractivity contribution >= 4 is 29.5 Å². The molecule has 4 nitrogen and oxygen atoms in total. The van der Waals surface area contributed by atoms with E-state index in [0.717, 1.165) is 17.4 Å². The van der Waals surface area contributed by atoms with E-state index in [1.54, 1.807) is 0 Å². The maximum absolute atomic E-state index is 10.6. The van der Waals surface area contributed by atoms with Crippen LogP contribution in [0.1, 0.15) is 25.5 Å². The Morgan fingerprint density at radius 1 is 1.72 bits per heavy atom. The summed E-state index contributed by atoms with van der Waals surface area (Å²) in [5, 5.41) is 9.57. The first kappa shape index (κ1) is 13.8. The topological polar surface area (TPSA) is 55.1 Å². The van der Waals surface area contributed by atoms with Crippen LogP contribution in [0, 0.1) is 6.92 Å². The van der Waals surface area contributed by atoms with E-state index in [1.165, 1.54) is 30.4 Å². The number of rotatable bonds is 5. The number of aromatic nitrogens is 2. The van der Waals surface area contributed by atoms with E-state index in [-0.39, 0.29) is 10.5 Å². The van der Waals surface area contributed by atoms with E-state index >= 15 is 0 Å². The molecule has 0 bridgehead atoms. The van der Waals surface area contributed by atoms with Crippen molar-refractivity contribution in [1.29, 1.82) is 0 Å². The van der Waals surface area contributed by atoms with E-state index < -0.39 is 5.97 Å². The fourth-order valence-electron chi connectivity index (χ4n) is 2.17. The van der Waals surface area contributed by atoms with E-state index in [2.05, 4.69) is 16.5 Å². The summed E-state index contributed by atoms with van der Waals surface area (Å²) in [7, 11) is 0. The number of carboxylic acid groups (broad SMARTS) is 1. The average Bonchev–Trinajstić information content (AvgIpc) is 2.86. The molecule has 1 unspecified atom stereocenters. The average molecular weight is 286 g/mol. The highest BCUT2D eigenvalue weighted by Crippen LogP contribution is 2.40. The van der Waals surface area contributed by atoms with Gasteiger partial charge in [0.15, 0.2) is 5.16 Å². The molecule has 1 saturated heterocycles. The van der Waals surface area contributed by atoms with Gasteiger partial charge in [0.25, 0.3) is 0 Å². The van der Waals surface area contributed by atoms with Gasteiger partial charge in [-0.3, -0.25) is 4.79 Å². The molecule has 1 fully saturated rings. The van der Waals surface area contributed by atoms with Gasteiger partial charge in [-0.15, -0.1) is 0 Å². The number of carbonyl (C=O) groups is 1. The van der Waals surface area contributed by atoms with Crippen molar-refractivity contribution in [2.45, 2.75) is 43.1 Å². The van der Waals surface area contributed by atoms with E-state index in [4.69, 9.17) is 5.11 Å². The summed E-state index contributed by atoms with van der Waals surface area (Å²) in [4.78, 5) is 15.0. The molecule has 18 heavy (non-hydrogen) atoms. The van der Waals surface area contributed by atoms with Gasteiger partial charge in [-0.2, -0.15) is 11.8 Å². The molecular formula is C12H18N2O2S2. The van der Waals surface area contributed by atoms with Gasteiger partial charge in [0, 0.05) is 23.2 Å². The van der Waals surface area contributed by atoms with Crippen LogP contribution in [0.4, 0.5) is 0 Å². The smallest absolute Gasteiger partial charge is 0.313 e. The normalized spacial score (nSPS) is 23.4. The van der Waals surface area contributed by atoms with Crippen molar-refractivity contribution in [3.63, 3.8) is 0 Å². The van der Waals surface area contributed by atoms with Crippen LogP contribution in [0.15, 0.2) is 11.4 Å². The zero-order valence-electron chi connectivity index (χ0n) is 10.7. The number of nitrogens with zero attached hydrogens (tertiary/aromatic N) is 2. The van der Waals surface area contributed by atoms with Crippen LogP contribution in [0.5, 0.6) is 0 Å². The summed E-state index contributed by atoms with van der Waals surface area (Å²) < 4.78 is 2.43. The Hall–Kier alpha value is -0.620. The minimum atomic E-state index is -0.798. The SMILES string of the molecule is Cc1cnc(SCC(=O)O)n1CC1(C)CCCS1. The Morgan fingerprint density at radius 3 is 3.11 bits per heavy atom. The number of hydrogen-bond acceptors (Lipinski definition) is 4. The van der Waals surface area contributed by atoms with Crippen molar-refractivity contribution in [2.75, 3.05) is 11.5 Å². The zero-order valence-corrected chi connectivity index (χ0v) is 12.3. The lowest BCUT2D eigenvalue weighted by Crippen LogP contribution is -2.24. The second-order valence-electron chi connectivity index (χ2n) is 4.85. The lowest BCUT2D eigenvalue weighted by atomic mass is 10.1. The molecule has 1 N–H and O–H groups in total. The highest BCUT2D eigenvalue weighted by molar-refractivity contribution is 8.00. The predicted octanol–water partition coefficient (Wildman–Crippen LogP) is 2.65. The second kappa shape index (κ2) is 5.57. The molecule has 1 aromatic rings. The third kappa shape index (κ3) is 3.23. The fourth-order valence-corrected chi connectivity index (χ4v) is 4.20. The second-order valence-corrected chi connectivity index (χ2v) is 7.48. The lowest BCUT2D eigenvalue weighted by molar-refractivity contribution is -0.133. The van der Waals surface area contributed by atoms with E-state index in [0.29, 0.717) is 0 Å². The van der Waals surface area contributed by atoms with Crippen LogP contribution in [0.25, 0.3) is 0 Å². The Morgan fingerprint density at radius 2 is 2.50 bits per heavy atom. The largest absolute Gasteiger partial charge is 0.481 e. The van der Waals surface area contributed by atoms with Crippen LogP contribution < -0.4 is 0 Å². The molecule has 0 aromatic carbocycles. The first-order valence-corrected chi connectivity index (χ1v) is 7.98. The van der Waals surface area contributed by atoms with Crippen LogP contribution in [-0.2, 0) is 11.3 Å². The first-order valence-electron chi connectivity index (χ1n) is 6.01. The molecule has 1 aliphatic heterocycles. The Balaban J connectivity index is 2.11. The van der Waals surface area contributed by atoms with Gasteiger partial charge in [0.05, 0.1) is 5.75 Å². The van der Waals surface area contributed by atoms with E-state index in [9.17, 15) is 4.79 Å². The Bertz CT molecular complexity index is 439. The van der Waals surface area contributed by atoms with Crippen LogP contribution >= 0.6 is 23.5 Å². The minimum absolute atomic E-state index is 0.0698. The molecule has 100 valence electrons. The highest BCUT2D eigenvalue weighted by Gasteiger charge is 2.31. The number of hydrogen-bond donors (Lipinski definition) is 1. The molecule has 1 aliphatic rings. The number of carboxylic acids is 1. The maximum Gasteiger partial charge on any atom is 0.313 e. The minimum Gasteiger partial charge on any atom is -0.481 e. The molecule has 0 aliphatic carbocycles. The van der Waals surface area contributed by atoms with Crippen molar-refractivity contribution < 1.29 is 9.90 Å². The molecule has 6 heteroatoms. The summed E-state index contributed by atoms with van der Waals surface area (Å²) in [6, 6.07) is 0. The zero-order chi connectivity index (χ0) is 13.2. The first-order chi connectivity index (χ1) is 8.50. The number of aliphatic carboxylic acids is 1. The summed E-state index contributed by atoms with van der Waals surface area (Å²) in [5.74, 6) is 0.496. The van der Waals surface area contributed by atoms with Crippen molar-refractivity contribution in [1.82, 2.24) is 9.55 Å². The van der Waals surface area contributed by atoms with Gasteiger partial charge in [-0.05, 0) is 32.4 Å². The molecule has 2 rings (SSSR count). The highest BCUT2D eigenvalue weighted by atomic mass is 32.2. The summed E-state index contributed by atoms with van der Waals surface area (Å²) >= 11 is 3.31. The third-order valence-electron chi connectivity index (χ3n) is 3.14. The van der Waals surface area contributed by atoms with Crippen molar-refractivity contribution in [3.05, 3.63) is 11.9 Å². The molecular weight excluding hydrogens is 268 g/mol. The van der Waals surface area contributed by atoms with Crippen LogP contribution in [0.2, 0.25) is 0 Å². The molecule has 1 aromatic heterocycles. The van der Waals surface area contributed by atoms with Gasteiger partial charge in [-0.1, -0.05) is 11.8 Å². The lowest BCUT2D eigenvalue weighted by Gasteiger charge is -2.24. The molecule has 2 heterocycles. The van der Waals surface area contributed by atoms with Gasteiger partial charge in [0.2, 0.25) is 0 Å². The summed E-state index contributed by atoms with van der Waals surface area (Å²) in [6.45, 7) is 5.24. The van der Waals surface area contributed by atoms with E-state index in [1.807, 2.05) is 24.9 Å². The monoisotopic (exact) mass is 286 g/mol. The molecule has 0 radical (unpaired) electrons. The molecule has 1 atom stereocenters. The third-order valence-corrected chi connectivity index (χ3v) is 5.63. The van der Waals surface area contributed by atoms with Gasteiger partial charge in [-0.25, -0.2) is 4.98 Å². The maximum atomic E-state index is 10.6. The van der Waals surface area contributed by atoms with Crippen molar-refractivity contribution in [3.8, 4) is 0 Å². The molecule has 0 spiro atoms. The number of imidazole rings is 1. The quantitative estimate of drug-likeness (QED) is 0.843.